The molecule has 0 bridgehead atoms. The van der Waals surface area contributed by atoms with Crippen LogP contribution in [0.5, 0.6) is 0 Å². The van der Waals surface area contributed by atoms with Gasteiger partial charge in [0, 0.05) is 24.7 Å². The van der Waals surface area contributed by atoms with Crippen LogP contribution >= 0.6 is 11.6 Å². The lowest BCUT2D eigenvalue weighted by molar-refractivity contribution is 0.0938. The zero-order valence-electron chi connectivity index (χ0n) is 15.6. The number of fused-ring (bicyclic) bond motifs is 1. The fourth-order valence-electron chi connectivity index (χ4n) is 3.31. The number of carbonyl (C=O) groups is 2. The minimum atomic E-state index is -0.241. The Morgan fingerprint density at radius 2 is 2.00 bits per heavy atom. The highest BCUT2D eigenvalue weighted by Gasteiger charge is 2.27. The monoisotopic (exact) mass is 388 g/mol. The molecule has 7 heteroatoms. The average molecular weight is 389 g/mol. The van der Waals surface area contributed by atoms with Crippen LogP contribution in [0.2, 0.25) is 5.02 Å². The minimum Gasteiger partial charge on any atom is -0.351 e. The van der Waals surface area contributed by atoms with Gasteiger partial charge in [-0.05, 0) is 49.8 Å². The third kappa shape index (κ3) is 4.69. The molecule has 3 rings (SSSR count). The lowest BCUT2D eigenvalue weighted by Crippen LogP contribution is -2.29. The quantitative estimate of drug-likeness (QED) is 0.765. The molecule has 0 spiro atoms. The van der Waals surface area contributed by atoms with E-state index in [1.807, 2.05) is 35.8 Å². The number of benzene rings is 1. The molecule has 1 aromatic heterocycles. The van der Waals surface area contributed by atoms with Crippen LogP contribution in [0.3, 0.4) is 0 Å². The van der Waals surface area contributed by atoms with Crippen molar-refractivity contribution >= 4 is 23.4 Å². The van der Waals surface area contributed by atoms with Crippen LogP contribution in [-0.2, 0) is 19.4 Å². The first-order valence-electron chi connectivity index (χ1n) is 9.50. The van der Waals surface area contributed by atoms with E-state index in [0.29, 0.717) is 36.1 Å². The number of aromatic nitrogens is 2. The summed E-state index contributed by atoms with van der Waals surface area (Å²) in [7, 11) is 0. The van der Waals surface area contributed by atoms with Crippen LogP contribution in [0, 0.1) is 0 Å². The Morgan fingerprint density at radius 1 is 1.19 bits per heavy atom. The van der Waals surface area contributed by atoms with Crippen LogP contribution < -0.4 is 10.6 Å². The van der Waals surface area contributed by atoms with Gasteiger partial charge in [0.2, 0.25) is 0 Å². The molecule has 0 radical (unpaired) electrons. The van der Waals surface area contributed by atoms with Gasteiger partial charge in [0.25, 0.3) is 11.8 Å². The molecule has 27 heavy (non-hydrogen) atoms. The molecular weight excluding hydrogens is 364 g/mol. The second kappa shape index (κ2) is 9.04. The molecule has 2 aromatic rings. The van der Waals surface area contributed by atoms with E-state index >= 15 is 0 Å². The fraction of sp³-hybridized carbons (Fsp3) is 0.450. The molecule has 6 nitrogen and oxygen atoms in total. The lowest BCUT2D eigenvalue weighted by atomic mass is 10.1. The normalized spacial score (nSPS) is 13.1. The number of carbonyl (C=O) groups excluding carboxylic acids is 2. The first-order chi connectivity index (χ1) is 13.1. The van der Waals surface area contributed by atoms with Crippen molar-refractivity contribution < 1.29 is 9.59 Å². The summed E-state index contributed by atoms with van der Waals surface area (Å²) in [6.45, 7) is 3.81. The first kappa shape index (κ1) is 19.4. The summed E-state index contributed by atoms with van der Waals surface area (Å²) >= 11 is 5.99. The number of halogens is 1. The Kier molecular flexibility index (Phi) is 6.50. The third-order valence-corrected chi connectivity index (χ3v) is 4.89. The van der Waals surface area contributed by atoms with Crippen molar-refractivity contribution in [3.63, 3.8) is 0 Å². The highest BCUT2D eigenvalue weighted by molar-refractivity contribution is 6.30. The number of nitrogens with one attached hydrogen (secondary N) is 2. The molecular formula is C20H25ClN4O2. The van der Waals surface area contributed by atoms with E-state index in [9.17, 15) is 9.59 Å². The van der Waals surface area contributed by atoms with Gasteiger partial charge in [0.05, 0.1) is 5.69 Å². The van der Waals surface area contributed by atoms with E-state index in [-0.39, 0.29) is 11.8 Å². The molecule has 2 amide bonds. The number of rotatable bonds is 7. The van der Waals surface area contributed by atoms with Crippen LogP contribution in [0.25, 0.3) is 0 Å². The summed E-state index contributed by atoms with van der Waals surface area (Å²) in [6, 6.07) is 7.59. The van der Waals surface area contributed by atoms with Crippen molar-refractivity contribution in [3.8, 4) is 0 Å². The predicted octanol–water partition coefficient (Wildman–Crippen LogP) is 2.99. The number of nitrogens with zero attached hydrogens (tertiary/aromatic N) is 2. The molecule has 0 atom stereocenters. The van der Waals surface area contributed by atoms with Gasteiger partial charge < -0.3 is 15.2 Å². The van der Waals surface area contributed by atoms with Gasteiger partial charge in [-0.15, -0.1) is 0 Å². The van der Waals surface area contributed by atoms with E-state index in [1.54, 1.807) is 0 Å². The molecule has 2 N–H and O–H groups in total. The van der Waals surface area contributed by atoms with Gasteiger partial charge in [0.1, 0.15) is 5.69 Å². The molecule has 2 heterocycles. The summed E-state index contributed by atoms with van der Waals surface area (Å²) < 4.78 is 1.90. The van der Waals surface area contributed by atoms with Gasteiger partial charge >= 0.3 is 0 Å². The summed E-state index contributed by atoms with van der Waals surface area (Å²) in [6.07, 6.45) is 4.32. The number of hydrogen-bond donors (Lipinski definition) is 2. The average Bonchev–Trinajstić information content (AvgIpc) is 3.06. The standard InChI is InChI=1S/C20H25ClN4O2/c1-2-10-22-19(26)17-16-8-3-4-12-25(16)18(24-17)20(27)23-11-9-14-6-5-7-15(21)13-14/h5-7,13H,2-4,8-12H2,1H3,(H,22,26)(H,23,27). The van der Waals surface area contributed by atoms with Crippen LogP contribution in [-0.4, -0.2) is 34.5 Å². The highest BCUT2D eigenvalue weighted by atomic mass is 35.5. The van der Waals surface area contributed by atoms with Gasteiger partial charge in [-0.25, -0.2) is 4.98 Å². The summed E-state index contributed by atoms with van der Waals surface area (Å²) in [5, 5.41) is 6.46. The van der Waals surface area contributed by atoms with Gasteiger partial charge in [-0.2, -0.15) is 0 Å². The Balaban J connectivity index is 1.70. The zero-order valence-corrected chi connectivity index (χ0v) is 16.3. The second-order valence-corrected chi connectivity index (χ2v) is 7.17. The topological polar surface area (TPSA) is 76.0 Å². The molecule has 1 aliphatic heterocycles. The van der Waals surface area contributed by atoms with Gasteiger partial charge in [-0.1, -0.05) is 30.7 Å². The van der Waals surface area contributed by atoms with Gasteiger partial charge in [0.15, 0.2) is 5.82 Å². The molecule has 0 saturated carbocycles. The lowest BCUT2D eigenvalue weighted by Gasteiger charge is -2.17. The molecule has 1 aliphatic rings. The molecule has 0 unspecified atom stereocenters. The van der Waals surface area contributed by atoms with Crippen molar-refractivity contribution in [2.75, 3.05) is 13.1 Å². The van der Waals surface area contributed by atoms with E-state index in [2.05, 4.69) is 15.6 Å². The van der Waals surface area contributed by atoms with E-state index in [0.717, 1.165) is 43.5 Å². The van der Waals surface area contributed by atoms with Crippen LogP contribution in [0.15, 0.2) is 24.3 Å². The Bertz CT molecular complexity index is 831. The first-order valence-corrected chi connectivity index (χ1v) is 9.88. The predicted molar refractivity (Wildman–Crippen MR) is 105 cm³/mol. The van der Waals surface area contributed by atoms with Crippen molar-refractivity contribution in [3.05, 3.63) is 52.1 Å². The number of imidazole rings is 1. The Morgan fingerprint density at radius 3 is 2.78 bits per heavy atom. The maximum atomic E-state index is 12.7. The zero-order chi connectivity index (χ0) is 19.2. The summed E-state index contributed by atoms with van der Waals surface area (Å²) in [5.74, 6) is -0.104. The molecule has 0 saturated heterocycles. The van der Waals surface area contributed by atoms with Crippen molar-refractivity contribution in [1.82, 2.24) is 20.2 Å². The number of amides is 2. The Hall–Kier alpha value is -2.34. The largest absolute Gasteiger partial charge is 0.351 e. The smallest absolute Gasteiger partial charge is 0.287 e. The van der Waals surface area contributed by atoms with E-state index < -0.39 is 0 Å². The van der Waals surface area contributed by atoms with Crippen molar-refractivity contribution in [2.24, 2.45) is 0 Å². The van der Waals surface area contributed by atoms with Crippen molar-refractivity contribution in [1.29, 1.82) is 0 Å². The Labute approximate surface area is 164 Å². The molecule has 1 aromatic carbocycles. The van der Waals surface area contributed by atoms with E-state index in [4.69, 9.17) is 11.6 Å². The number of hydrogen-bond acceptors (Lipinski definition) is 3. The van der Waals surface area contributed by atoms with Crippen molar-refractivity contribution in [2.45, 2.75) is 45.6 Å². The summed E-state index contributed by atoms with van der Waals surface area (Å²) in [4.78, 5) is 29.5. The third-order valence-electron chi connectivity index (χ3n) is 4.66. The highest BCUT2D eigenvalue weighted by Crippen LogP contribution is 2.21. The maximum absolute atomic E-state index is 12.7. The van der Waals surface area contributed by atoms with Crippen LogP contribution in [0.4, 0.5) is 0 Å². The SMILES string of the molecule is CCCNC(=O)c1nc(C(=O)NCCc2cccc(Cl)c2)n2c1CCCC2. The molecule has 144 valence electrons. The fourth-order valence-corrected chi connectivity index (χ4v) is 3.53. The summed E-state index contributed by atoms with van der Waals surface area (Å²) in [5.41, 5.74) is 2.32. The minimum absolute atomic E-state index is 0.194. The second-order valence-electron chi connectivity index (χ2n) is 6.73. The van der Waals surface area contributed by atoms with Crippen LogP contribution in [0.1, 0.15) is 58.6 Å². The van der Waals surface area contributed by atoms with Gasteiger partial charge in [-0.3, -0.25) is 9.59 Å². The maximum Gasteiger partial charge on any atom is 0.287 e. The molecule has 0 fully saturated rings. The van der Waals surface area contributed by atoms with E-state index in [1.165, 1.54) is 0 Å². The molecule has 0 aliphatic carbocycles.